The number of phenolic OH excluding ortho intramolecular Hbond substituents is 1. The highest BCUT2D eigenvalue weighted by Gasteiger charge is 2.62. The fourth-order valence-electron chi connectivity index (χ4n) is 2.47. The molecule has 16 heavy (non-hydrogen) atoms. The Morgan fingerprint density at radius 3 is 3.12 bits per heavy atom. The van der Waals surface area contributed by atoms with Crippen LogP contribution in [0.4, 0.5) is 0 Å². The lowest BCUT2D eigenvalue weighted by atomic mass is 10.1. The monoisotopic (exact) mass is 220 g/mol. The lowest BCUT2D eigenvalue weighted by Crippen LogP contribution is -2.14. The molecule has 1 heterocycles. The zero-order valence-electron chi connectivity index (χ0n) is 8.84. The van der Waals surface area contributed by atoms with Gasteiger partial charge in [0.25, 0.3) is 0 Å². The van der Waals surface area contributed by atoms with Crippen LogP contribution in [0.2, 0.25) is 0 Å². The first kappa shape index (κ1) is 9.66. The number of benzene rings is 1. The van der Waals surface area contributed by atoms with Gasteiger partial charge in [-0.2, -0.15) is 0 Å². The molecule has 84 valence electrons. The van der Waals surface area contributed by atoms with Gasteiger partial charge in [-0.15, -0.1) is 0 Å². The van der Waals surface area contributed by atoms with Crippen molar-refractivity contribution in [3.05, 3.63) is 23.8 Å². The summed E-state index contributed by atoms with van der Waals surface area (Å²) in [7, 11) is 1.51. The normalized spacial score (nSPS) is 29.2. The van der Waals surface area contributed by atoms with Gasteiger partial charge in [-0.1, -0.05) is 0 Å². The molecule has 0 amide bonds. The molecule has 1 aliphatic heterocycles. The van der Waals surface area contributed by atoms with Crippen LogP contribution in [0.5, 0.6) is 11.5 Å². The number of rotatable bonds is 3. The first-order valence-electron chi connectivity index (χ1n) is 5.23. The van der Waals surface area contributed by atoms with E-state index in [1.807, 2.05) is 0 Å². The molecule has 2 aliphatic rings. The minimum absolute atomic E-state index is 0.0422. The molecule has 0 radical (unpaired) electrons. The van der Waals surface area contributed by atoms with Gasteiger partial charge in [-0.3, -0.25) is 4.79 Å². The maximum atomic E-state index is 11.6. The smallest absolute Gasteiger partial charge is 0.165 e. The molecule has 3 atom stereocenters. The number of carbonyl (C=O) groups is 1. The van der Waals surface area contributed by atoms with E-state index in [0.717, 1.165) is 11.3 Å². The van der Waals surface area contributed by atoms with E-state index in [-0.39, 0.29) is 36.1 Å². The summed E-state index contributed by atoms with van der Waals surface area (Å²) in [5.41, 5.74) is 0.944. The molecule has 0 spiro atoms. The predicted molar refractivity (Wildman–Crippen MR) is 55.6 cm³/mol. The molecule has 4 heteroatoms. The van der Waals surface area contributed by atoms with Crippen LogP contribution < -0.4 is 4.74 Å². The highest BCUT2D eigenvalue weighted by Crippen LogP contribution is 2.59. The average molecular weight is 220 g/mol. The van der Waals surface area contributed by atoms with E-state index in [4.69, 9.17) is 9.47 Å². The predicted octanol–water partition coefficient (Wildman–Crippen LogP) is 1.08. The van der Waals surface area contributed by atoms with Crippen molar-refractivity contribution in [2.24, 2.45) is 5.92 Å². The third-order valence-electron chi connectivity index (χ3n) is 3.23. The number of phenols is 1. The first-order chi connectivity index (χ1) is 7.72. The quantitative estimate of drug-likeness (QED) is 0.828. The zero-order chi connectivity index (χ0) is 11.3. The Bertz CT molecular complexity index is 454. The molecule has 0 unspecified atom stereocenters. The van der Waals surface area contributed by atoms with Gasteiger partial charge in [0.15, 0.2) is 5.78 Å². The van der Waals surface area contributed by atoms with Gasteiger partial charge in [-0.25, -0.2) is 0 Å². The van der Waals surface area contributed by atoms with E-state index in [2.05, 4.69) is 0 Å². The van der Waals surface area contributed by atoms with Crippen molar-refractivity contribution in [2.45, 2.75) is 12.0 Å². The summed E-state index contributed by atoms with van der Waals surface area (Å²) in [6.07, 6.45) is -0.0422. The van der Waals surface area contributed by atoms with Crippen molar-refractivity contribution >= 4 is 5.78 Å². The number of Topliss-reactive ketones (excluding diaryl/α,β-unsaturated/α-hetero) is 1. The molecule has 0 saturated heterocycles. The molecule has 3 rings (SSSR count). The second kappa shape index (κ2) is 3.22. The van der Waals surface area contributed by atoms with Gasteiger partial charge < -0.3 is 14.6 Å². The molecule has 4 nitrogen and oxygen atoms in total. The number of fused-ring (bicyclic) bond motifs is 3. The molecular formula is C12H12O4. The number of methoxy groups -OCH3 is 1. The number of ether oxygens (including phenoxy) is 2. The topological polar surface area (TPSA) is 55.8 Å². The van der Waals surface area contributed by atoms with Crippen LogP contribution in [0.1, 0.15) is 11.5 Å². The molecule has 1 N–H and O–H groups in total. The largest absolute Gasteiger partial charge is 0.508 e. The van der Waals surface area contributed by atoms with Crippen LogP contribution in [0.3, 0.4) is 0 Å². The molecule has 1 aliphatic carbocycles. The van der Waals surface area contributed by atoms with Crippen molar-refractivity contribution in [1.29, 1.82) is 0 Å². The summed E-state index contributed by atoms with van der Waals surface area (Å²) >= 11 is 0. The van der Waals surface area contributed by atoms with Gasteiger partial charge >= 0.3 is 0 Å². The van der Waals surface area contributed by atoms with Gasteiger partial charge in [0.2, 0.25) is 0 Å². The summed E-state index contributed by atoms with van der Waals surface area (Å²) < 4.78 is 10.5. The molecular weight excluding hydrogens is 208 g/mol. The summed E-state index contributed by atoms with van der Waals surface area (Å²) in [6.45, 7) is 0.134. The SMILES string of the molecule is COCC(=O)[C@@H]1[C@H]2Oc3ccc(O)cc3[C@H]21. The third-order valence-corrected chi connectivity index (χ3v) is 3.23. The summed E-state index contributed by atoms with van der Waals surface area (Å²) in [4.78, 5) is 11.6. The Hall–Kier alpha value is -1.55. The minimum atomic E-state index is -0.0887. The Morgan fingerprint density at radius 2 is 2.38 bits per heavy atom. The maximum Gasteiger partial charge on any atom is 0.165 e. The lowest BCUT2D eigenvalue weighted by Gasteiger charge is -2.07. The number of hydrogen-bond donors (Lipinski definition) is 1. The molecule has 1 saturated carbocycles. The van der Waals surface area contributed by atoms with E-state index in [1.165, 1.54) is 7.11 Å². The number of hydrogen-bond acceptors (Lipinski definition) is 4. The van der Waals surface area contributed by atoms with E-state index in [9.17, 15) is 9.90 Å². The number of carbonyl (C=O) groups excluding carboxylic acids is 1. The molecule has 0 bridgehead atoms. The van der Waals surface area contributed by atoms with E-state index >= 15 is 0 Å². The van der Waals surface area contributed by atoms with E-state index in [1.54, 1.807) is 18.2 Å². The van der Waals surface area contributed by atoms with Crippen LogP contribution in [0.15, 0.2) is 18.2 Å². The van der Waals surface area contributed by atoms with E-state index < -0.39 is 0 Å². The minimum Gasteiger partial charge on any atom is -0.508 e. The van der Waals surface area contributed by atoms with Crippen molar-refractivity contribution in [3.8, 4) is 11.5 Å². The summed E-state index contributed by atoms with van der Waals surface area (Å²) in [5.74, 6) is 1.10. The van der Waals surface area contributed by atoms with Crippen LogP contribution in [0, 0.1) is 5.92 Å². The van der Waals surface area contributed by atoms with Gasteiger partial charge in [0, 0.05) is 18.6 Å². The van der Waals surface area contributed by atoms with Gasteiger partial charge in [-0.05, 0) is 18.2 Å². The van der Waals surface area contributed by atoms with Crippen molar-refractivity contribution in [1.82, 2.24) is 0 Å². The van der Waals surface area contributed by atoms with Gasteiger partial charge in [0.1, 0.15) is 24.2 Å². The Morgan fingerprint density at radius 1 is 1.56 bits per heavy atom. The highest BCUT2D eigenvalue weighted by atomic mass is 16.5. The molecule has 1 fully saturated rings. The fraction of sp³-hybridized carbons (Fsp3) is 0.417. The second-order valence-electron chi connectivity index (χ2n) is 4.26. The number of aromatic hydroxyl groups is 1. The molecule has 0 aromatic heterocycles. The second-order valence-corrected chi connectivity index (χ2v) is 4.26. The number of ketones is 1. The van der Waals surface area contributed by atoms with Crippen LogP contribution in [-0.2, 0) is 9.53 Å². The van der Waals surface area contributed by atoms with Crippen LogP contribution in [-0.4, -0.2) is 30.7 Å². The maximum absolute atomic E-state index is 11.6. The van der Waals surface area contributed by atoms with E-state index in [0.29, 0.717) is 0 Å². The third kappa shape index (κ3) is 1.23. The zero-order valence-corrected chi connectivity index (χ0v) is 8.84. The van der Waals surface area contributed by atoms with Crippen LogP contribution >= 0.6 is 0 Å². The molecule has 1 aromatic rings. The lowest BCUT2D eigenvalue weighted by molar-refractivity contribution is -0.124. The fourth-order valence-corrected chi connectivity index (χ4v) is 2.47. The standard InChI is InChI=1S/C12H12O4/c1-15-5-8(14)11-10-7-4-6(13)2-3-9(7)16-12(10)11/h2-4,10-13H,5H2,1H3/t10-,11-,12-/m0/s1. The Labute approximate surface area is 92.8 Å². The van der Waals surface area contributed by atoms with Crippen LogP contribution in [0.25, 0.3) is 0 Å². The van der Waals surface area contributed by atoms with Crippen molar-refractivity contribution in [3.63, 3.8) is 0 Å². The highest BCUT2D eigenvalue weighted by molar-refractivity contribution is 5.88. The van der Waals surface area contributed by atoms with Crippen molar-refractivity contribution in [2.75, 3.05) is 13.7 Å². The summed E-state index contributed by atoms with van der Waals surface area (Å²) in [5, 5.41) is 9.40. The van der Waals surface area contributed by atoms with Gasteiger partial charge in [0.05, 0.1) is 5.92 Å². The average Bonchev–Trinajstić information content (AvgIpc) is 2.85. The Balaban J connectivity index is 1.84. The first-order valence-corrected chi connectivity index (χ1v) is 5.23. The van der Waals surface area contributed by atoms with Crippen molar-refractivity contribution < 1.29 is 19.4 Å². The molecule has 1 aromatic carbocycles. The summed E-state index contributed by atoms with van der Waals surface area (Å²) in [6, 6.07) is 5.02. The Kier molecular flexibility index (Phi) is 1.94.